The molecule has 0 aliphatic heterocycles. The lowest BCUT2D eigenvalue weighted by Crippen LogP contribution is -2.13. The molecule has 0 aliphatic rings. The van der Waals surface area contributed by atoms with Gasteiger partial charge in [0, 0.05) is 11.8 Å². The van der Waals surface area contributed by atoms with Crippen LogP contribution in [-0.4, -0.2) is 29.8 Å². The zero-order chi connectivity index (χ0) is 20.4. The van der Waals surface area contributed by atoms with Crippen molar-refractivity contribution in [1.29, 1.82) is 0 Å². The molecule has 4 aromatic rings. The van der Waals surface area contributed by atoms with E-state index in [-0.39, 0.29) is 11.6 Å². The Balaban J connectivity index is 1.72. The highest BCUT2D eigenvalue weighted by molar-refractivity contribution is 6.13. The monoisotopic (exact) mass is 393 g/mol. The molecule has 0 saturated carbocycles. The third-order valence-corrected chi connectivity index (χ3v) is 4.36. The van der Waals surface area contributed by atoms with Crippen molar-refractivity contribution < 1.29 is 23.2 Å². The number of hydrogen-bond donors (Lipinski definition) is 1. The number of nitrogens with one attached hydrogen (secondary N) is 1. The molecule has 0 spiro atoms. The van der Waals surface area contributed by atoms with Crippen LogP contribution in [0.4, 0.5) is 5.69 Å². The van der Waals surface area contributed by atoms with E-state index in [1.807, 2.05) is 6.92 Å². The van der Waals surface area contributed by atoms with Crippen molar-refractivity contribution in [2.75, 3.05) is 19.0 Å². The summed E-state index contributed by atoms with van der Waals surface area (Å²) in [5, 5.41) is 7.38. The van der Waals surface area contributed by atoms with E-state index in [4.69, 9.17) is 18.4 Å². The molecule has 1 N–H and O–H groups in total. The smallest absolute Gasteiger partial charge is 0.259 e. The maximum Gasteiger partial charge on any atom is 0.259 e. The van der Waals surface area contributed by atoms with E-state index < -0.39 is 0 Å². The molecule has 0 saturated heterocycles. The van der Waals surface area contributed by atoms with Gasteiger partial charge >= 0.3 is 0 Å². The van der Waals surface area contributed by atoms with Crippen molar-refractivity contribution in [3.8, 4) is 23.0 Å². The highest BCUT2D eigenvalue weighted by Crippen LogP contribution is 2.31. The Bertz CT molecular complexity index is 1160. The van der Waals surface area contributed by atoms with Crippen LogP contribution in [0.2, 0.25) is 0 Å². The molecule has 148 valence electrons. The molecule has 4 rings (SSSR count). The summed E-state index contributed by atoms with van der Waals surface area (Å²) in [5.41, 5.74) is 2.27. The third kappa shape index (κ3) is 3.52. The summed E-state index contributed by atoms with van der Waals surface area (Å²) in [5.74, 6) is 1.33. The largest absolute Gasteiger partial charge is 0.493 e. The van der Waals surface area contributed by atoms with Gasteiger partial charge in [0.2, 0.25) is 0 Å². The van der Waals surface area contributed by atoms with Crippen LogP contribution in [-0.2, 0) is 0 Å². The SMILES string of the molecule is CCOc1ccc(NC(=O)c2cc(-c3ccco3)nc3onc(C)c23)cc1OC. The first kappa shape index (κ1) is 18.5. The lowest BCUT2D eigenvalue weighted by atomic mass is 10.1. The number of fused-ring (bicyclic) bond motifs is 1. The predicted molar refractivity (Wildman–Crippen MR) is 106 cm³/mol. The first-order valence-corrected chi connectivity index (χ1v) is 9.03. The highest BCUT2D eigenvalue weighted by atomic mass is 16.5. The maximum absolute atomic E-state index is 13.1. The van der Waals surface area contributed by atoms with Gasteiger partial charge in [-0.15, -0.1) is 0 Å². The molecule has 0 bridgehead atoms. The van der Waals surface area contributed by atoms with Crippen LogP contribution in [0, 0.1) is 6.92 Å². The zero-order valence-corrected chi connectivity index (χ0v) is 16.2. The van der Waals surface area contributed by atoms with E-state index in [1.54, 1.807) is 56.7 Å². The summed E-state index contributed by atoms with van der Waals surface area (Å²) >= 11 is 0. The second-order valence-electron chi connectivity index (χ2n) is 6.23. The average molecular weight is 393 g/mol. The lowest BCUT2D eigenvalue weighted by molar-refractivity contribution is 0.102. The number of ether oxygens (including phenoxy) is 2. The molecule has 0 atom stereocenters. The van der Waals surface area contributed by atoms with Crippen LogP contribution >= 0.6 is 0 Å². The van der Waals surface area contributed by atoms with Gasteiger partial charge in [-0.1, -0.05) is 5.16 Å². The molecule has 0 fully saturated rings. The van der Waals surface area contributed by atoms with Gasteiger partial charge in [0.15, 0.2) is 17.3 Å². The van der Waals surface area contributed by atoms with Crippen LogP contribution < -0.4 is 14.8 Å². The number of pyridine rings is 1. The number of methoxy groups -OCH3 is 1. The Morgan fingerprint density at radius 2 is 2.07 bits per heavy atom. The van der Waals surface area contributed by atoms with Crippen LogP contribution in [0.25, 0.3) is 22.6 Å². The van der Waals surface area contributed by atoms with Gasteiger partial charge in [0.05, 0.1) is 36.6 Å². The molecule has 8 nitrogen and oxygen atoms in total. The minimum absolute atomic E-state index is 0.269. The molecule has 1 aromatic carbocycles. The van der Waals surface area contributed by atoms with Gasteiger partial charge in [-0.2, -0.15) is 0 Å². The minimum Gasteiger partial charge on any atom is -0.493 e. The number of rotatable bonds is 6. The van der Waals surface area contributed by atoms with E-state index in [9.17, 15) is 4.79 Å². The van der Waals surface area contributed by atoms with E-state index >= 15 is 0 Å². The molecule has 0 aliphatic carbocycles. The van der Waals surface area contributed by atoms with Crippen LogP contribution in [0.5, 0.6) is 11.5 Å². The van der Waals surface area contributed by atoms with Gasteiger partial charge in [0.1, 0.15) is 5.69 Å². The number of carbonyl (C=O) groups excluding carboxylic acids is 1. The van der Waals surface area contributed by atoms with Crippen LogP contribution in [0.3, 0.4) is 0 Å². The van der Waals surface area contributed by atoms with Gasteiger partial charge in [-0.05, 0) is 44.2 Å². The molecular weight excluding hydrogens is 374 g/mol. The van der Waals surface area contributed by atoms with Crippen molar-refractivity contribution in [1.82, 2.24) is 10.1 Å². The summed E-state index contributed by atoms with van der Waals surface area (Å²) in [6.45, 7) is 4.16. The second-order valence-corrected chi connectivity index (χ2v) is 6.23. The van der Waals surface area contributed by atoms with Crippen molar-refractivity contribution in [3.05, 3.63) is 53.9 Å². The van der Waals surface area contributed by atoms with Gasteiger partial charge in [-0.25, -0.2) is 4.98 Å². The lowest BCUT2D eigenvalue weighted by Gasteiger charge is -2.12. The Hall–Kier alpha value is -3.81. The summed E-state index contributed by atoms with van der Waals surface area (Å²) < 4.78 is 21.6. The molecule has 8 heteroatoms. The summed E-state index contributed by atoms with van der Waals surface area (Å²) in [6, 6.07) is 10.4. The third-order valence-electron chi connectivity index (χ3n) is 4.36. The molecule has 1 amide bonds. The molecule has 0 radical (unpaired) electrons. The Morgan fingerprint density at radius 3 is 2.79 bits per heavy atom. The molecular formula is C21H19N3O5. The van der Waals surface area contributed by atoms with Gasteiger partial charge < -0.3 is 23.7 Å². The van der Waals surface area contributed by atoms with E-state index in [0.29, 0.717) is 51.9 Å². The predicted octanol–water partition coefficient (Wildman–Crippen LogP) is 4.45. The Kier molecular flexibility index (Phi) is 4.90. The molecule has 29 heavy (non-hydrogen) atoms. The fraction of sp³-hybridized carbons (Fsp3) is 0.190. The quantitative estimate of drug-likeness (QED) is 0.516. The Morgan fingerprint density at radius 1 is 1.21 bits per heavy atom. The van der Waals surface area contributed by atoms with E-state index in [0.717, 1.165) is 0 Å². The van der Waals surface area contributed by atoms with Crippen molar-refractivity contribution in [2.24, 2.45) is 0 Å². The maximum atomic E-state index is 13.1. The van der Waals surface area contributed by atoms with Gasteiger partial charge in [-0.3, -0.25) is 4.79 Å². The standard InChI is InChI=1S/C21H19N3O5/c1-4-27-17-8-7-13(10-18(17)26-3)22-20(25)14-11-15(16-6-5-9-28-16)23-21-19(14)12(2)24-29-21/h5-11H,4H2,1-3H3,(H,22,25). The van der Waals surface area contributed by atoms with Gasteiger partial charge in [0.25, 0.3) is 11.6 Å². The summed E-state index contributed by atoms with van der Waals surface area (Å²) in [6.07, 6.45) is 1.54. The first-order chi connectivity index (χ1) is 14.1. The average Bonchev–Trinajstić information content (AvgIpc) is 3.39. The number of hydrogen-bond acceptors (Lipinski definition) is 7. The normalized spacial score (nSPS) is 10.9. The number of aryl methyl sites for hydroxylation is 1. The number of benzene rings is 1. The van der Waals surface area contributed by atoms with Crippen LogP contribution in [0.15, 0.2) is 51.6 Å². The topological polar surface area (TPSA) is 99.6 Å². The Labute approximate surface area is 166 Å². The number of carbonyl (C=O) groups is 1. The number of nitrogens with zero attached hydrogens (tertiary/aromatic N) is 2. The first-order valence-electron chi connectivity index (χ1n) is 9.03. The number of amides is 1. The van der Waals surface area contributed by atoms with Crippen molar-refractivity contribution in [3.63, 3.8) is 0 Å². The van der Waals surface area contributed by atoms with Crippen molar-refractivity contribution in [2.45, 2.75) is 13.8 Å². The number of anilines is 1. The van der Waals surface area contributed by atoms with E-state index in [1.165, 1.54) is 0 Å². The van der Waals surface area contributed by atoms with E-state index in [2.05, 4.69) is 15.5 Å². The highest BCUT2D eigenvalue weighted by Gasteiger charge is 2.20. The fourth-order valence-electron chi connectivity index (χ4n) is 3.04. The van der Waals surface area contributed by atoms with Crippen molar-refractivity contribution >= 4 is 22.7 Å². The molecule has 3 heterocycles. The zero-order valence-electron chi connectivity index (χ0n) is 16.2. The fourth-order valence-corrected chi connectivity index (χ4v) is 3.04. The summed E-state index contributed by atoms with van der Waals surface area (Å²) in [4.78, 5) is 17.5. The number of furan rings is 1. The molecule has 0 unspecified atom stereocenters. The number of aromatic nitrogens is 2. The van der Waals surface area contributed by atoms with Crippen LogP contribution in [0.1, 0.15) is 23.0 Å². The second kappa shape index (κ2) is 7.67. The minimum atomic E-state index is -0.331. The summed E-state index contributed by atoms with van der Waals surface area (Å²) in [7, 11) is 1.55. The molecule has 3 aromatic heterocycles.